The van der Waals surface area contributed by atoms with Gasteiger partial charge in [0.15, 0.2) is 0 Å². The van der Waals surface area contributed by atoms with Gasteiger partial charge in [-0.05, 0) is 36.5 Å². The van der Waals surface area contributed by atoms with E-state index in [0.717, 1.165) is 30.1 Å². The van der Waals surface area contributed by atoms with Gasteiger partial charge in [0.25, 0.3) is 0 Å². The first-order valence-electron chi connectivity index (χ1n) is 5.04. The van der Waals surface area contributed by atoms with Gasteiger partial charge >= 0.3 is 0 Å². The van der Waals surface area contributed by atoms with Crippen LogP contribution in [0.5, 0.6) is 5.75 Å². The zero-order chi connectivity index (χ0) is 9.80. The Labute approximate surface area is 83.9 Å². The van der Waals surface area contributed by atoms with Crippen LogP contribution in [0.15, 0.2) is 24.3 Å². The molecule has 0 heterocycles. The average molecular weight is 190 g/mol. The Hall–Kier alpha value is -1.31. The lowest BCUT2D eigenvalue weighted by atomic mass is 10.2. The van der Waals surface area contributed by atoms with E-state index in [9.17, 15) is 4.79 Å². The Morgan fingerprint density at radius 1 is 1.29 bits per heavy atom. The zero-order valence-electron chi connectivity index (χ0n) is 8.11. The molecule has 1 aromatic carbocycles. The number of benzene rings is 1. The summed E-state index contributed by atoms with van der Waals surface area (Å²) in [4.78, 5) is 10.3. The molecule has 1 aliphatic rings. The highest BCUT2D eigenvalue weighted by Gasteiger charge is 2.21. The van der Waals surface area contributed by atoms with Crippen LogP contribution in [0.4, 0.5) is 0 Å². The lowest BCUT2D eigenvalue weighted by Gasteiger charge is -2.04. The highest BCUT2D eigenvalue weighted by molar-refractivity contribution is 5.55. The second-order valence-corrected chi connectivity index (χ2v) is 3.77. The van der Waals surface area contributed by atoms with E-state index in [-0.39, 0.29) is 0 Å². The first-order valence-corrected chi connectivity index (χ1v) is 5.04. The smallest absolute Gasteiger partial charge is 0.124 e. The summed E-state index contributed by atoms with van der Waals surface area (Å²) in [5, 5.41) is 0. The van der Waals surface area contributed by atoms with E-state index in [4.69, 9.17) is 4.74 Å². The number of rotatable bonds is 5. The maximum Gasteiger partial charge on any atom is 0.124 e. The Kier molecular flexibility index (Phi) is 2.82. The quantitative estimate of drug-likeness (QED) is 0.665. The summed E-state index contributed by atoms with van der Waals surface area (Å²) < 4.78 is 5.57. The van der Waals surface area contributed by atoms with Gasteiger partial charge in [0.05, 0.1) is 6.61 Å². The van der Waals surface area contributed by atoms with Gasteiger partial charge in [0, 0.05) is 6.42 Å². The third-order valence-corrected chi connectivity index (χ3v) is 2.43. The Morgan fingerprint density at radius 2 is 2.00 bits per heavy atom. The third-order valence-electron chi connectivity index (χ3n) is 2.43. The van der Waals surface area contributed by atoms with E-state index >= 15 is 0 Å². The van der Waals surface area contributed by atoms with E-state index in [1.807, 2.05) is 24.3 Å². The lowest BCUT2D eigenvalue weighted by molar-refractivity contribution is -0.107. The molecule has 2 nitrogen and oxygen atoms in total. The van der Waals surface area contributed by atoms with Gasteiger partial charge in [-0.3, -0.25) is 0 Å². The van der Waals surface area contributed by atoms with Crippen LogP contribution < -0.4 is 4.74 Å². The summed E-state index contributed by atoms with van der Waals surface area (Å²) in [6, 6.07) is 7.75. The summed E-state index contributed by atoms with van der Waals surface area (Å²) in [6.45, 7) is 0.840. The molecule has 0 aliphatic heterocycles. The summed E-state index contributed by atoms with van der Waals surface area (Å²) in [5.41, 5.74) is 1.04. The molecule has 0 unspecified atom stereocenters. The Balaban J connectivity index is 1.87. The van der Waals surface area contributed by atoms with Crippen LogP contribution in [0, 0.1) is 5.92 Å². The monoisotopic (exact) mass is 190 g/mol. The fourth-order valence-corrected chi connectivity index (χ4v) is 1.32. The van der Waals surface area contributed by atoms with Crippen molar-refractivity contribution in [3.8, 4) is 5.75 Å². The maximum absolute atomic E-state index is 10.3. The molecule has 1 aromatic rings. The first kappa shape index (κ1) is 9.25. The number of ether oxygens (including phenoxy) is 1. The van der Waals surface area contributed by atoms with Crippen molar-refractivity contribution in [2.45, 2.75) is 19.3 Å². The highest BCUT2D eigenvalue weighted by Crippen LogP contribution is 2.29. The fraction of sp³-hybridized carbons (Fsp3) is 0.417. The van der Waals surface area contributed by atoms with Crippen LogP contribution >= 0.6 is 0 Å². The van der Waals surface area contributed by atoms with E-state index in [2.05, 4.69) is 0 Å². The van der Waals surface area contributed by atoms with Gasteiger partial charge < -0.3 is 9.53 Å². The van der Waals surface area contributed by atoms with Crippen molar-refractivity contribution >= 4 is 6.29 Å². The van der Waals surface area contributed by atoms with Crippen LogP contribution in [0.2, 0.25) is 0 Å². The van der Waals surface area contributed by atoms with Crippen molar-refractivity contribution in [1.29, 1.82) is 0 Å². The second-order valence-electron chi connectivity index (χ2n) is 3.77. The van der Waals surface area contributed by atoms with Crippen molar-refractivity contribution in [3.63, 3.8) is 0 Å². The molecule has 0 bridgehead atoms. The molecule has 0 amide bonds. The molecule has 74 valence electrons. The molecular weight excluding hydrogens is 176 g/mol. The van der Waals surface area contributed by atoms with Crippen LogP contribution in [0.25, 0.3) is 0 Å². The minimum absolute atomic E-state index is 0.489. The van der Waals surface area contributed by atoms with E-state index in [0.29, 0.717) is 6.42 Å². The van der Waals surface area contributed by atoms with Gasteiger partial charge in [-0.1, -0.05) is 12.1 Å². The van der Waals surface area contributed by atoms with E-state index in [1.165, 1.54) is 12.8 Å². The number of hydrogen-bond donors (Lipinski definition) is 0. The summed E-state index contributed by atoms with van der Waals surface area (Å²) >= 11 is 0. The number of carbonyl (C=O) groups is 1. The molecular formula is C12H14O2. The molecule has 0 N–H and O–H groups in total. The average Bonchev–Trinajstić information content (AvgIpc) is 3.01. The van der Waals surface area contributed by atoms with Gasteiger partial charge in [-0.25, -0.2) is 0 Å². The topological polar surface area (TPSA) is 26.3 Å². The van der Waals surface area contributed by atoms with Gasteiger partial charge in [-0.15, -0.1) is 0 Å². The van der Waals surface area contributed by atoms with Crippen LogP contribution in [-0.2, 0) is 11.2 Å². The molecule has 0 aromatic heterocycles. The van der Waals surface area contributed by atoms with Crippen LogP contribution in [0.1, 0.15) is 18.4 Å². The summed E-state index contributed by atoms with van der Waals surface area (Å²) in [6.07, 6.45) is 4.02. The van der Waals surface area contributed by atoms with Gasteiger partial charge in [0.1, 0.15) is 12.0 Å². The first-order chi connectivity index (χ1) is 6.88. The van der Waals surface area contributed by atoms with Crippen molar-refractivity contribution < 1.29 is 9.53 Å². The zero-order valence-corrected chi connectivity index (χ0v) is 8.11. The molecule has 1 saturated carbocycles. The third kappa shape index (κ3) is 2.59. The predicted molar refractivity (Wildman–Crippen MR) is 54.4 cm³/mol. The normalized spacial score (nSPS) is 15.1. The maximum atomic E-state index is 10.3. The standard InChI is InChI=1S/C12H14O2/c13-8-7-10-3-5-12(6-4-10)14-9-11-1-2-11/h3-6,8,11H,1-2,7,9H2. The Bertz CT molecular complexity index is 299. The summed E-state index contributed by atoms with van der Waals surface area (Å²) in [5.74, 6) is 1.69. The second kappa shape index (κ2) is 4.27. The largest absolute Gasteiger partial charge is 0.493 e. The molecule has 2 rings (SSSR count). The van der Waals surface area contributed by atoms with Crippen molar-refractivity contribution in [2.24, 2.45) is 5.92 Å². The van der Waals surface area contributed by atoms with Crippen LogP contribution in [-0.4, -0.2) is 12.9 Å². The molecule has 0 spiro atoms. The van der Waals surface area contributed by atoms with Crippen LogP contribution in [0.3, 0.4) is 0 Å². The molecule has 0 saturated heterocycles. The molecule has 1 fully saturated rings. The summed E-state index contributed by atoms with van der Waals surface area (Å²) in [7, 11) is 0. The highest BCUT2D eigenvalue weighted by atomic mass is 16.5. The van der Waals surface area contributed by atoms with Crippen molar-refractivity contribution in [3.05, 3.63) is 29.8 Å². The molecule has 0 atom stereocenters. The fourth-order valence-electron chi connectivity index (χ4n) is 1.32. The van der Waals surface area contributed by atoms with E-state index in [1.54, 1.807) is 0 Å². The molecule has 0 radical (unpaired) electrons. The SMILES string of the molecule is O=CCc1ccc(OCC2CC2)cc1. The predicted octanol–water partition coefficient (Wildman–Crippen LogP) is 2.22. The number of carbonyl (C=O) groups excluding carboxylic acids is 1. The van der Waals surface area contributed by atoms with Crippen molar-refractivity contribution in [2.75, 3.05) is 6.61 Å². The molecule has 14 heavy (non-hydrogen) atoms. The number of hydrogen-bond acceptors (Lipinski definition) is 2. The number of aldehydes is 1. The van der Waals surface area contributed by atoms with Gasteiger partial charge in [0.2, 0.25) is 0 Å². The lowest BCUT2D eigenvalue weighted by Crippen LogP contribution is -1.98. The minimum Gasteiger partial charge on any atom is -0.493 e. The van der Waals surface area contributed by atoms with Crippen molar-refractivity contribution in [1.82, 2.24) is 0 Å². The van der Waals surface area contributed by atoms with E-state index < -0.39 is 0 Å². The minimum atomic E-state index is 0.489. The van der Waals surface area contributed by atoms with Gasteiger partial charge in [-0.2, -0.15) is 0 Å². The Morgan fingerprint density at radius 3 is 2.57 bits per heavy atom. The molecule has 1 aliphatic carbocycles. The molecule has 2 heteroatoms.